The lowest BCUT2D eigenvalue weighted by Gasteiger charge is -2.12. The summed E-state index contributed by atoms with van der Waals surface area (Å²) in [6.45, 7) is 4.73. The van der Waals surface area contributed by atoms with Crippen LogP contribution in [0.4, 0.5) is 5.69 Å². The third-order valence-electron chi connectivity index (χ3n) is 3.00. The van der Waals surface area contributed by atoms with Crippen molar-refractivity contribution in [2.24, 2.45) is 5.73 Å². The second-order valence-electron chi connectivity index (χ2n) is 4.53. The van der Waals surface area contributed by atoms with Crippen LogP contribution < -0.4 is 11.1 Å². The minimum Gasteiger partial charge on any atom is -0.389 e. The Morgan fingerprint density at radius 2 is 2.11 bits per heavy atom. The number of pyridine rings is 1. The number of hydrogen-bond acceptors (Lipinski definition) is 3. The molecule has 1 heterocycles. The molecule has 0 aliphatic rings. The molecule has 4 heteroatoms. The number of hydrogen-bond donors (Lipinski definition) is 2. The van der Waals surface area contributed by atoms with Gasteiger partial charge in [0.05, 0.1) is 12.2 Å². The first-order valence-corrected chi connectivity index (χ1v) is 6.53. The average Bonchev–Trinajstić information content (AvgIpc) is 2.38. The molecule has 0 saturated carbocycles. The summed E-state index contributed by atoms with van der Waals surface area (Å²) in [7, 11) is 0. The molecule has 0 saturated heterocycles. The van der Waals surface area contributed by atoms with Crippen molar-refractivity contribution in [1.82, 2.24) is 4.98 Å². The lowest BCUT2D eigenvalue weighted by atomic mass is 10.1. The zero-order valence-electron chi connectivity index (χ0n) is 11.1. The first kappa shape index (κ1) is 13.5. The summed E-state index contributed by atoms with van der Waals surface area (Å²) < 4.78 is 0. The maximum absolute atomic E-state index is 5.76. The molecule has 0 amide bonds. The average molecular weight is 271 g/mol. The Hall–Kier alpha value is -1.94. The Kier molecular flexibility index (Phi) is 4.12. The SMILES string of the molecule is Cc1ccc(NCc2ncccc2C)c(C(N)=S)c1. The van der Waals surface area contributed by atoms with Crippen LogP contribution >= 0.6 is 12.2 Å². The standard InChI is InChI=1S/C15H17N3S/c1-10-5-6-13(12(8-10)15(16)19)18-9-14-11(2)4-3-7-17-14/h3-8,18H,9H2,1-2H3,(H2,16,19). The van der Waals surface area contributed by atoms with Crippen LogP contribution in [-0.4, -0.2) is 9.97 Å². The summed E-state index contributed by atoms with van der Waals surface area (Å²) in [5, 5.41) is 3.35. The van der Waals surface area contributed by atoms with Crippen LogP contribution in [0, 0.1) is 13.8 Å². The summed E-state index contributed by atoms with van der Waals surface area (Å²) in [5.74, 6) is 0. The van der Waals surface area contributed by atoms with E-state index in [1.165, 1.54) is 5.56 Å². The van der Waals surface area contributed by atoms with Crippen molar-refractivity contribution in [3.8, 4) is 0 Å². The van der Waals surface area contributed by atoms with Gasteiger partial charge in [-0.05, 0) is 37.6 Å². The Morgan fingerprint density at radius 1 is 1.32 bits per heavy atom. The molecule has 1 aromatic carbocycles. The number of benzene rings is 1. The molecule has 0 bridgehead atoms. The Bertz CT molecular complexity index is 608. The number of nitrogens with one attached hydrogen (secondary N) is 1. The highest BCUT2D eigenvalue weighted by Gasteiger charge is 2.06. The van der Waals surface area contributed by atoms with Crippen LogP contribution in [0.1, 0.15) is 22.4 Å². The molecule has 0 unspecified atom stereocenters. The molecule has 98 valence electrons. The van der Waals surface area contributed by atoms with Gasteiger partial charge in [0.15, 0.2) is 0 Å². The van der Waals surface area contributed by atoms with Gasteiger partial charge in [0.1, 0.15) is 4.99 Å². The summed E-state index contributed by atoms with van der Waals surface area (Å²) in [5.41, 5.74) is 10.9. The van der Waals surface area contributed by atoms with E-state index >= 15 is 0 Å². The molecule has 0 atom stereocenters. The van der Waals surface area contributed by atoms with E-state index in [1.807, 2.05) is 44.2 Å². The molecule has 19 heavy (non-hydrogen) atoms. The van der Waals surface area contributed by atoms with E-state index in [4.69, 9.17) is 18.0 Å². The molecule has 0 spiro atoms. The predicted molar refractivity (Wildman–Crippen MR) is 83.4 cm³/mol. The Balaban J connectivity index is 2.20. The van der Waals surface area contributed by atoms with Crippen molar-refractivity contribution >= 4 is 22.9 Å². The molecule has 0 radical (unpaired) electrons. The number of anilines is 1. The van der Waals surface area contributed by atoms with Crippen LogP contribution in [0.15, 0.2) is 36.5 Å². The summed E-state index contributed by atoms with van der Waals surface area (Å²) >= 11 is 5.09. The quantitative estimate of drug-likeness (QED) is 0.839. The van der Waals surface area contributed by atoms with Crippen molar-refractivity contribution in [2.75, 3.05) is 5.32 Å². The molecule has 0 fully saturated rings. The summed E-state index contributed by atoms with van der Waals surface area (Å²) in [6, 6.07) is 10.0. The van der Waals surface area contributed by atoms with Crippen molar-refractivity contribution in [3.63, 3.8) is 0 Å². The van der Waals surface area contributed by atoms with Gasteiger partial charge < -0.3 is 11.1 Å². The van der Waals surface area contributed by atoms with Gasteiger partial charge in [0, 0.05) is 17.4 Å². The minimum atomic E-state index is 0.406. The largest absolute Gasteiger partial charge is 0.389 e. The van der Waals surface area contributed by atoms with Gasteiger partial charge in [0.25, 0.3) is 0 Å². The lowest BCUT2D eigenvalue weighted by molar-refractivity contribution is 1.02. The fraction of sp³-hybridized carbons (Fsp3) is 0.200. The van der Waals surface area contributed by atoms with Gasteiger partial charge in [0.2, 0.25) is 0 Å². The molecule has 0 aliphatic carbocycles. The van der Waals surface area contributed by atoms with Crippen molar-refractivity contribution in [2.45, 2.75) is 20.4 Å². The molecule has 1 aromatic heterocycles. The highest BCUT2D eigenvalue weighted by molar-refractivity contribution is 7.80. The van der Waals surface area contributed by atoms with Gasteiger partial charge in [-0.1, -0.05) is 29.9 Å². The van der Waals surface area contributed by atoms with Gasteiger partial charge in [-0.3, -0.25) is 4.98 Å². The van der Waals surface area contributed by atoms with Crippen LogP contribution in [-0.2, 0) is 6.54 Å². The van der Waals surface area contributed by atoms with E-state index in [-0.39, 0.29) is 0 Å². The Morgan fingerprint density at radius 3 is 2.79 bits per heavy atom. The highest BCUT2D eigenvalue weighted by atomic mass is 32.1. The lowest BCUT2D eigenvalue weighted by Crippen LogP contribution is -2.14. The van der Waals surface area contributed by atoms with Gasteiger partial charge >= 0.3 is 0 Å². The maximum Gasteiger partial charge on any atom is 0.106 e. The first-order valence-electron chi connectivity index (χ1n) is 6.13. The third kappa shape index (κ3) is 3.29. The van der Waals surface area contributed by atoms with E-state index in [1.54, 1.807) is 6.20 Å². The fourth-order valence-electron chi connectivity index (χ4n) is 1.90. The molecule has 2 aromatic rings. The van der Waals surface area contributed by atoms with E-state index in [2.05, 4.69) is 10.3 Å². The van der Waals surface area contributed by atoms with Gasteiger partial charge in [-0.25, -0.2) is 0 Å². The number of nitrogens with zero attached hydrogens (tertiary/aromatic N) is 1. The van der Waals surface area contributed by atoms with Crippen molar-refractivity contribution in [1.29, 1.82) is 0 Å². The van der Waals surface area contributed by atoms with E-state index in [0.717, 1.165) is 22.5 Å². The summed E-state index contributed by atoms with van der Waals surface area (Å²) in [4.78, 5) is 4.77. The zero-order valence-corrected chi connectivity index (χ0v) is 11.9. The monoisotopic (exact) mass is 271 g/mol. The Labute approximate surface area is 118 Å². The van der Waals surface area contributed by atoms with Gasteiger partial charge in [-0.2, -0.15) is 0 Å². The smallest absolute Gasteiger partial charge is 0.106 e. The van der Waals surface area contributed by atoms with Crippen LogP contribution in [0.3, 0.4) is 0 Å². The number of aromatic nitrogens is 1. The van der Waals surface area contributed by atoms with E-state index < -0.39 is 0 Å². The maximum atomic E-state index is 5.76. The number of rotatable bonds is 4. The second kappa shape index (κ2) is 5.80. The van der Waals surface area contributed by atoms with Gasteiger partial charge in [-0.15, -0.1) is 0 Å². The number of aryl methyl sites for hydroxylation is 2. The summed E-state index contributed by atoms with van der Waals surface area (Å²) in [6.07, 6.45) is 1.80. The number of nitrogens with two attached hydrogens (primary N) is 1. The normalized spacial score (nSPS) is 10.2. The molecule has 0 aliphatic heterocycles. The number of thiocarbonyl (C=S) groups is 1. The molecule has 3 N–H and O–H groups in total. The third-order valence-corrected chi connectivity index (χ3v) is 3.22. The van der Waals surface area contributed by atoms with Crippen LogP contribution in [0.25, 0.3) is 0 Å². The van der Waals surface area contributed by atoms with E-state index in [9.17, 15) is 0 Å². The topological polar surface area (TPSA) is 50.9 Å². The fourth-order valence-corrected chi connectivity index (χ4v) is 2.07. The van der Waals surface area contributed by atoms with Crippen molar-refractivity contribution < 1.29 is 0 Å². The van der Waals surface area contributed by atoms with Crippen LogP contribution in [0.5, 0.6) is 0 Å². The molecule has 3 nitrogen and oxygen atoms in total. The first-order chi connectivity index (χ1) is 9.08. The van der Waals surface area contributed by atoms with Crippen LogP contribution in [0.2, 0.25) is 0 Å². The van der Waals surface area contributed by atoms with Crippen molar-refractivity contribution in [3.05, 3.63) is 58.9 Å². The van der Waals surface area contributed by atoms with E-state index in [0.29, 0.717) is 11.5 Å². The minimum absolute atomic E-state index is 0.406. The second-order valence-corrected chi connectivity index (χ2v) is 4.97. The zero-order chi connectivity index (χ0) is 13.8. The molecular weight excluding hydrogens is 254 g/mol. The molecular formula is C15H17N3S. The molecule has 2 rings (SSSR count). The highest BCUT2D eigenvalue weighted by Crippen LogP contribution is 2.18. The predicted octanol–water partition coefficient (Wildman–Crippen LogP) is 2.94.